The molecule has 0 heterocycles. The van der Waals surface area contributed by atoms with Crippen LogP contribution in [0.15, 0.2) is 18.2 Å². The SMILES string of the molecule is CCc1cccc(CC)c1NC(=O)C(CC)(CC)CN. The van der Waals surface area contributed by atoms with E-state index in [-0.39, 0.29) is 5.91 Å². The van der Waals surface area contributed by atoms with Crippen LogP contribution in [0.3, 0.4) is 0 Å². The van der Waals surface area contributed by atoms with Crippen LogP contribution in [-0.4, -0.2) is 12.5 Å². The van der Waals surface area contributed by atoms with Crippen LogP contribution in [0.25, 0.3) is 0 Å². The lowest BCUT2D eigenvalue weighted by atomic mass is 9.81. The highest BCUT2D eigenvalue weighted by molar-refractivity contribution is 5.96. The van der Waals surface area contributed by atoms with Gasteiger partial charge in [-0.1, -0.05) is 45.9 Å². The van der Waals surface area contributed by atoms with E-state index in [2.05, 4.69) is 37.4 Å². The van der Waals surface area contributed by atoms with E-state index in [0.29, 0.717) is 6.54 Å². The Balaban J connectivity index is 3.12. The summed E-state index contributed by atoms with van der Waals surface area (Å²) in [6, 6.07) is 6.22. The summed E-state index contributed by atoms with van der Waals surface area (Å²) in [5.74, 6) is 0.0561. The Labute approximate surface area is 122 Å². The standard InChI is InChI=1S/C17H28N2O/c1-5-13-10-9-11-14(6-2)15(13)19-16(20)17(7-3,8-4)12-18/h9-11H,5-8,12,18H2,1-4H3,(H,19,20). The Morgan fingerprint density at radius 2 is 1.60 bits per heavy atom. The first-order chi connectivity index (χ1) is 9.58. The lowest BCUT2D eigenvalue weighted by Gasteiger charge is -2.29. The molecule has 0 saturated heterocycles. The summed E-state index contributed by atoms with van der Waals surface area (Å²) in [5, 5.41) is 3.16. The van der Waals surface area contributed by atoms with Gasteiger partial charge >= 0.3 is 0 Å². The van der Waals surface area contributed by atoms with Crippen molar-refractivity contribution in [3.8, 4) is 0 Å². The molecular weight excluding hydrogens is 248 g/mol. The molecule has 112 valence electrons. The van der Waals surface area contributed by atoms with E-state index >= 15 is 0 Å². The molecule has 3 heteroatoms. The number of para-hydroxylation sites is 1. The van der Waals surface area contributed by atoms with Gasteiger partial charge in [0.1, 0.15) is 0 Å². The lowest BCUT2D eigenvalue weighted by molar-refractivity contribution is -0.125. The van der Waals surface area contributed by atoms with Crippen LogP contribution in [0.1, 0.15) is 51.7 Å². The molecule has 0 unspecified atom stereocenters. The zero-order valence-corrected chi connectivity index (χ0v) is 13.3. The van der Waals surface area contributed by atoms with Gasteiger partial charge in [-0.3, -0.25) is 4.79 Å². The van der Waals surface area contributed by atoms with Gasteiger partial charge in [-0.05, 0) is 36.8 Å². The molecular formula is C17H28N2O. The van der Waals surface area contributed by atoms with Gasteiger partial charge in [0.15, 0.2) is 0 Å². The number of hydrogen-bond acceptors (Lipinski definition) is 2. The summed E-state index contributed by atoms with van der Waals surface area (Å²) in [4.78, 5) is 12.7. The average Bonchev–Trinajstić information content (AvgIpc) is 2.49. The number of carbonyl (C=O) groups excluding carboxylic acids is 1. The minimum absolute atomic E-state index is 0.0561. The van der Waals surface area contributed by atoms with E-state index in [1.807, 2.05) is 13.8 Å². The molecule has 20 heavy (non-hydrogen) atoms. The van der Waals surface area contributed by atoms with Crippen molar-refractivity contribution in [2.75, 3.05) is 11.9 Å². The Kier molecular flexibility index (Phi) is 6.21. The molecule has 1 aromatic rings. The molecule has 0 atom stereocenters. The van der Waals surface area contributed by atoms with Gasteiger partial charge in [0.05, 0.1) is 5.41 Å². The maximum atomic E-state index is 12.7. The fourth-order valence-electron chi connectivity index (χ4n) is 2.60. The van der Waals surface area contributed by atoms with Crippen LogP contribution in [0.2, 0.25) is 0 Å². The van der Waals surface area contributed by atoms with Gasteiger partial charge in [-0.15, -0.1) is 0 Å². The fourth-order valence-corrected chi connectivity index (χ4v) is 2.60. The van der Waals surface area contributed by atoms with Gasteiger partial charge in [-0.25, -0.2) is 0 Å². The van der Waals surface area contributed by atoms with E-state index in [0.717, 1.165) is 31.4 Å². The second-order valence-corrected chi connectivity index (χ2v) is 5.30. The number of benzene rings is 1. The van der Waals surface area contributed by atoms with E-state index in [1.54, 1.807) is 0 Å². The van der Waals surface area contributed by atoms with Crippen LogP contribution in [0.5, 0.6) is 0 Å². The molecule has 0 aliphatic rings. The molecule has 0 aromatic heterocycles. The Bertz CT molecular complexity index is 420. The predicted molar refractivity (Wildman–Crippen MR) is 85.9 cm³/mol. The Morgan fingerprint density at radius 3 is 1.95 bits per heavy atom. The van der Waals surface area contributed by atoms with Crippen molar-refractivity contribution in [1.82, 2.24) is 0 Å². The zero-order chi connectivity index (χ0) is 15.2. The van der Waals surface area contributed by atoms with E-state index < -0.39 is 5.41 Å². The zero-order valence-electron chi connectivity index (χ0n) is 13.3. The number of aryl methyl sites for hydroxylation is 2. The number of amides is 1. The van der Waals surface area contributed by atoms with Crippen molar-refractivity contribution < 1.29 is 4.79 Å². The molecule has 3 nitrogen and oxygen atoms in total. The number of hydrogen-bond donors (Lipinski definition) is 2. The normalized spacial score (nSPS) is 11.4. The summed E-state index contributed by atoms with van der Waals surface area (Å²) < 4.78 is 0. The van der Waals surface area contributed by atoms with Gasteiger partial charge in [0, 0.05) is 12.2 Å². The van der Waals surface area contributed by atoms with Crippen LogP contribution in [0, 0.1) is 5.41 Å². The molecule has 1 rings (SSSR count). The summed E-state index contributed by atoms with van der Waals surface area (Å²) in [6.07, 6.45) is 3.36. The number of nitrogens with one attached hydrogen (secondary N) is 1. The first kappa shape index (κ1) is 16.7. The average molecular weight is 276 g/mol. The summed E-state index contributed by atoms with van der Waals surface area (Å²) in [7, 11) is 0. The largest absolute Gasteiger partial charge is 0.329 e. The van der Waals surface area contributed by atoms with Crippen molar-refractivity contribution in [3.05, 3.63) is 29.3 Å². The highest BCUT2D eigenvalue weighted by atomic mass is 16.2. The van der Waals surface area contributed by atoms with Gasteiger partial charge in [0.2, 0.25) is 5.91 Å². The highest BCUT2D eigenvalue weighted by Crippen LogP contribution is 2.29. The lowest BCUT2D eigenvalue weighted by Crippen LogP contribution is -2.41. The Morgan fingerprint density at radius 1 is 1.10 bits per heavy atom. The summed E-state index contributed by atoms with van der Waals surface area (Å²) in [5.41, 5.74) is 8.78. The topological polar surface area (TPSA) is 55.1 Å². The first-order valence-corrected chi connectivity index (χ1v) is 7.70. The second kappa shape index (κ2) is 7.44. The van der Waals surface area contributed by atoms with Crippen molar-refractivity contribution in [2.24, 2.45) is 11.1 Å². The molecule has 0 aliphatic heterocycles. The van der Waals surface area contributed by atoms with E-state index in [4.69, 9.17) is 5.73 Å². The van der Waals surface area contributed by atoms with Crippen LogP contribution in [-0.2, 0) is 17.6 Å². The van der Waals surface area contributed by atoms with Gasteiger partial charge in [-0.2, -0.15) is 0 Å². The minimum atomic E-state index is -0.453. The van der Waals surface area contributed by atoms with Crippen molar-refractivity contribution >= 4 is 11.6 Å². The molecule has 1 amide bonds. The van der Waals surface area contributed by atoms with Crippen LogP contribution in [0.4, 0.5) is 5.69 Å². The number of anilines is 1. The molecule has 0 aliphatic carbocycles. The quantitative estimate of drug-likeness (QED) is 0.800. The van der Waals surface area contributed by atoms with E-state index in [1.165, 1.54) is 11.1 Å². The van der Waals surface area contributed by atoms with Crippen LogP contribution < -0.4 is 11.1 Å². The summed E-state index contributed by atoms with van der Waals surface area (Å²) in [6.45, 7) is 8.67. The third-order valence-corrected chi connectivity index (χ3v) is 4.46. The predicted octanol–water partition coefficient (Wildman–Crippen LogP) is 3.52. The summed E-state index contributed by atoms with van der Waals surface area (Å²) >= 11 is 0. The van der Waals surface area contributed by atoms with E-state index in [9.17, 15) is 4.79 Å². The van der Waals surface area contributed by atoms with Crippen LogP contribution >= 0.6 is 0 Å². The number of rotatable bonds is 7. The third-order valence-electron chi connectivity index (χ3n) is 4.46. The molecule has 1 aromatic carbocycles. The van der Waals surface area contributed by atoms with Crippen molar-refractivity contribution in [2.45, 2.75) is 53.4 Å². The maximum absolute atomic E-state index is 12.7. The molecule has 0 radical (unpaired) electrons. The van der Waals surface area contributed by atoms with Gasteiger partial charge in [0.25, 0.3) is 0 Å². The Hall–Kier alpha value is -1.35. The molecule has 0 saturated carbocycles. The smallest absolute Gasteiger partial charge is 0.231 e. The molecule has 0 spiro atoms. The number of nitrogens with two attached hydrogens (primary N) is 1. The van der Waals surface area contributed by atoms with Crippen molar-refractivity contribution in [3.63, 3.8) is 0 Å². The number of carbonyl (C=O) groups is 1. The second-order valence-electron chi connectivity index (χ2n) is 5.30. The molecule has 0 bridgehead atoms. The molecule has 3 N–H and O–H groups in total. The molecule has 0 fully saturated rings. The first-order valence-electron chi connectivity index (χ1n) is 7.70. The minimum Gasteiger partial charge on any atom is -0.329 e. The maximum Gasteiger partial charge on any atom is 0.231 e. The van der Waals surface area contributed by atoms with Crippen molar-refractivity contribution in [1.29, 1.82) is 0 Å². The highest BCUT2D eigenvalue weighted by Gasteiger charge is 2.33. The van der Waals surface area contributed by atoms with Gasteiger partial charge < -0.3 is 11.1 Å². The third kappa shape index (κ3) is 3.21. The fraction of sp³-hybridized carbons (Fsp3) is 0.588. The monoisotopic (exact) mass is 276 g/mol.